The first-order valence-corrected chi connectivity index (χ1v) is 9.46. The van der Waals surface area contributed by atoms with Gasteiger partial charge in [-0.25, -0.2) is 4.98 Å². The van der Waals surface area contributed by atoms with Gasteiger partial charge in [0, 0.05) is 23.2 Å². The molecule has 138 valence electrons. The van der Waals surface area contributed by atoms with Crippen molar-refractivity contribution in [3.05, 3.63) is 90.4 Å². The van der Waals surface area contributed by atoms with Crippen LogP contribution in [0.15, 0.2) is 85.2 Å². The molecule has 4 rings (SSSR count). The predicted octanol–water partition coefficient (Wildman–Crippen LogP) is 6.25. The lowest BCUT2D eigenvalue weighted by Gasteiger charge is -2.10. The third-order valence-corrected chi connectivity index (χ3v) is 3.94. The van der Waals surface area contributed by atoms with Gasteiger partial charge in [0.15, 0.2) is 6.20 Å². The molecule has 27 heavy (non-hydrogen) atoms. The smallest absolute Gasteiger partial charge is 0.250 e. The number of nitrogens with zero attached hydrogens (tertiary/aromatic N) is 2. The highest BCUT2D eigenvalue weighted by atomic mass is 16.5. The maximum absolute atomic E-state index is 12.4. The Bertz CT molecular complexity index is 967. The van der Waals surface area contributed by atoms with Gasteiger partial charge < -0.3 is 5.21 Å². The Morgan fingerprint density at radius 2 is 1.26 bits per heavy atom. The Morgan fingerprint density at radius 1 is 0.704 bits per heavy atom. The Hall–Kier alpha value is -3.20. The number of aromatic nitrogens is 2. The molecule has 0 aliphatic rings. The SMILES string of the molecule is CC.CC.[O-][n+]1ccc2c(-c3ccccc3)ccnc2c1-c1ccccc1. The summed E-state index contributed by atoms with van der Waals surface area (Å²) in [6.07, 6.45) is 3.32. The fourth-order valence-corrected chi connectivity index (χ4v) is 2.88. The molecule has 0 saturated heterocycles. The summed E-state index contributed by atoms with van der Waals surface area (Å²) < 4.78 is 0.888. The van der Waals surface area contributed by atoms with Crippen LogP contribution in [0.2, 0.25) is 0 Å². The van der Waals surface area contributed by atoms with E-state index in [2.05, 4.69) is 17.1 Å². The summed E-state index contributed by atoms with van der Waals surface area (Å²) in [5, 5.41) is 13.3. The molecule has 3 heteroatoms. The lowest BCUT2D eigenvalue weighted by Crippen LogP contribution is -2.28. The van der Waals surface area contributed by atoms with Gasteiger partial charge in [-0.1, -0.05) is 76.2 Å². The van der Waals surface area contributed by atoms with Gasteiger partial charge in [0.1, 0.15) is 5.52 Å². The number of pyridine rings is 2. The summed E-state index contributed by atoms with van der Waals surface area (Å²) >= 11 is 0. The lowest BCUT2D eigenvalue weighted by atomic mass is 10.00. The Labute approximate surface area is 161 Å². The molecular formula is C24H26N2O. The molecule has 0 aliphatic heterocycles. The van der Waals surface area contributed by atoms with E-state index in [0.717, 1.165) is 32.3 Å². The van der Waals surface area contributed by atoms with Crippen LogP contribution in [-0.4, -0.2) is 4.98 Å². The van der Waals surface area contributed by atoms with E-state index >= 15 is 0 Å². The van der Waals surface area contributed by atoms with Crippen LogP contribution in [-0.2, 0) is 0 Å². The zero-order valence-corrected chi connectivity index (χ0v) is 16.4. The molecule has 2 heterocycles. The van der Waals surface area contributed by atoms with Crippen LogP contribution in [0, 0.1) is 5.21 Å². The monoisotopic (exact) mass is 358 g/mol. The second kappa shape index (κ2) is 10.1. The highest BCUT2D eigenvalue weighted by molar-refractivity contribution is 5.99. The van der Waals surface area contributed by atoms with Crippen molar-refractivity contribution >= 4 is 10.9 Å². The standard InChI is InChI=1S/C20H14N2O.2C2H6/c23-22-14-12-18-17(15-7-3-1-4-8-15)11-13-21-19(18)20(22)16-9-5-2-6-10-16;2*1-2/h1-14H;2*1-2H3. The number of hydrogen-bond acceptors (Lipinski definition) is 2. The summed E-state index contributed by atoms with van der Waals surface area (Å²) in [4.78, 5) is 4.48. The maximum atomic E-state index is 12.4. The molecule has 0 bridgehead atoms. The lowest BCUT2D eigenvalue weighted by molar-refractivity contribution is -0.592. The average molecular weight is 358 g/mol. The first kappa shape index (κ1) is 20.1. The Balaban J connectivity index is 0.000000614. The van der Waals surface area contributed by atoms with Crippen LogP contribution in [0.3, 0.4) is 0 Å². The predicted molar refractivity (Wildman–Crippen MR) is 114 cm³/mol. The third-order valence-electron chi connectivity index (χ3n) is 3.94. The Kier molecular flexibility index (Phi) is 7.50. The van der Waals surface area contributed by atoms with E-state index in [1.54, 1.807) is 12.4 Å². The average Bonchev–Trinajstić information content (AvgIpc) is 2.77. The van der Waals surface area contributed by atoms with Gasteiger partial charge in [-0.3, -0.25) is 0 Å². The highest BCUT2D eigenvalue weighted by Crippen LogP contribution is 2.30. The zero-order valence-electron chi connectivity index (χ0n) is 16.4. The van der Waals surface area contributed by atoms with E-state index in [4.69, 9.17) is 0 Å². The summed E-state index contributed by atoms with van der Waals surface area (Å²) in [7, 11) is 0. The normalized spacial score (nSPS) is 9.63. The van der Waals surface area contributed by atoms with E-state index in [0.29, 0.717) is 5.69 Å². The number of hydrogen-bond donors (Lipinski definition) is 0. The quantitative estimate of drug-likeness (QED) is 0.314. The number of benzene rings is 2. The van der Waals surface area contributed by atoms with Crippen molar-refractivity contribution in [1.82, 2.24) is 4.98 Å². The minimum Gasteiger partial charge on any atom is -0.618 e. The Morgan fingerprint density at radius 3 is 1.85 bits per heavy atom. The van der Waals surface area contributed by atoms with Crippen LogP contribution >= 0.6 is 0 Å². The minimum absolute atomic E-state index is 0.584. The van der Waals surface area contributed by atoms with Crippen LogP contribution in [0.1, 0.15) is 27.7 Å². The summed E-state index contributed by atoms with van der Waals surface area (Å²) in [6, 6.07) is 23.6. The van der Waals surface area contributed by atoms with E-state index < -0.39 is 0 Å². The first-order valence-electron chi connectivity index (χ1n) is 9.46. The van der Waals surface area contributed by atoms with Gasteiger partial charge in [-0.05, 0) is 29.3 Å². The van der Waals surface area contributed by atoms with Crippen molar-refractivity contribution in [1.29, 1.82) is 0 Å². The molecule has 0 aliphatic carbocycles. The third kappa shape index (κ3) is 4.32. The van der Waals surface area contributed by atoms with Gasteiger partial charge in [0.2, 0.25) is 5.69 Å². The fourth-order valence-electron chi connectivity index (χ4n) is 2.88. The molecule has 0 spiro atoms. The molecule has 0 N–H and O–H groups in total. The van der Waals surface area contributed by atoms with E-state index in [9.17, 15) is 5.21 Å². The van der Waals surface area contributed by atoms with Gasteiger partial charge in [-0.2, -0.15) is 4.73 Å². The summed E-state index contributed by atoms with van der Waals surface area (Å²) in [5.41, 5.74) is 4.36. The van der Waals surface area contributed by atoms with Gasteiger partial charge >= 0.3 is 0 Å². The van der Waals surface area contributed by atoms with Crippen molar-refractivity contribution < 1.29 is 4.73 Å². The maximum Gasteiger partial charge on any atom is 0.250 e. The molecule has 0 unspecified atom stereocenters. The van der Waals surface area contributed by atoms with Crippen LogP contribution in [0.5, 0.6) is 0 Å². The molecule has 0 radical (unpaired) electrons. The molecular weight excluding hydrogens is 332 g/mol. The molecule has 0 amide bonds. The van der Waals surface area contributed by atoms with Gasteiger partial charge in [0.25, 0.3) is 0 Å². The summed E-state index contributed by atoms with van der Waals surface area (Å²) in [5.74, 6) is 0. The molecule has 0 saturated carbocycles. The van der Waals surface area contributed by atoms with E-state index in [1.165, 1.54) is 0 Å². The van der Waals surface area contributed by atoms with E-state index in [1.807, 2.05) is 88.4 Å². The first-order chi connectivity index (χ1) is 13.3. The zero-order chi connectivity index (χ0) is 19.6. The minimum atomic E-state index is 0.584. The largest absolute Gasteiger partial charge is 0.618 e. The fraction of sp³-hybridized carbons (Fsp3) is 0.167. The number of rotatable bonds is 2. The van der Waals surface area contributed by atoms with Crippen LogP contribution in [0.25, 0.3) is 33.3 Å². The molecule has 2 aromatic carbocycles. The topological polar surface area (TPSA) is 39.8 Å². The molecule has 3 nitrogen and oxygen atoms in total. The summed E-state index contributed by atoms with van der Waals surface area (Å²) in [6.45, 7) is 8.00. The molecule has 0 fully saturated rings. The van der Waals surface area contributed by atoms with Crippen molar-refractivity contribution in [3.8, 4) is 22.4 Å². The van der Waals surface area contributed by atoms with Crippen molar-refractivity contribution in [2.75, 3.05) is 0 Å². The van der Waals surface area contributed by atoms with Crippen molar-refractivity contribution in [2.24, 2.45) is 0 Å². The second-order valence-corrected chi connectivity index (χ2v) is 5.34. The van der Waals surface area contributed by atoms with Crippen molar-refractivity contribution in [3.63, 3.8) is 0 Å². The molecule has 2 aromatic heterocycles. The van der Waals surface area contributed by atoms with Crippen LogP contribution in [0.4, 0.5) is 0 Å². The number of fused-ring (bicyclic) bond motifs is 1. The highest BCUT2D eigenvalue weighted by Gasteiger charge is 2.17. The van der Waals surface area contributed by atoms with Crippen molar-refractivity contribution in [2.45, 2.75) is 27.7 Å². The van der Waals surface area contributed by atoms with Crippen LogP contribution < -0.4 is 4.73 Å². The molecule has 0 atom stereocenters. The van der Waals surface area contributed by atoms with Gasteiger partial charge in [-0.15, -0.1) is 0 Å². The second-order valence-electron chi connectivity index (χ2n) is 5.34. The van der Waals surface area contributed by atoms with E-state index in [-0.39, 0.29) is 0 Å². The van der Waals surface area contributed by atoms with Gasteiger partial charge in [0.05, 0.1) is 0 Å². The molecule has 4 aromatic rings.